The first-order valence-corrected chi connectivity index (χ1v) is 3.02. The highest BCUT2D eigenvalue weighted by molar-refractivity contribution is 5.61. The highest BCUT2D eigenvalue weighted by atomic mass is 14.7. The summed E-state index contributed by atoms with van der Waals surface area (Å²) < 4.78 is 0. The average Bonchev–Trinajstić information content (AvgIpc) is 1.91. The number of hydrogen-bond donors (Lipinski definition) is 0. The van der Waals surface area contributed by atoms with Crippen LogP contribution >= 0.6 is 0 Å². The first kappa shape index (κ1) is 6.06. The van der Waals surface area contributed by atoms with Gasteiger partial charge in [0.05, 0.1) is 5.70 Å². The third-order valence-corrected chi connectivity index (χ3v) is 1.14. The fraction of sp³-hybridized carbons (Fsp3) is 0.250. The molecule has 1 aliphatic rings. The Kier molecular flexibility index (Phi) is 2.06. The molecule has 0 atom stereocenters. The van der Waals surface area contributed by atoms with Gasteiger partial charge in [0.1, 0.15) is 0 Å². The zero-order valence-electron chi connectivity index (χ0n) is 5.30. The minimum atomic E-state index is 0.983. The molecule has 1 aliphatic heterocycles. The average molecular weight is 119 g/mol. The zero-order valence-corrected chi connectivity index (χ0v) is 5.30. The number of rotatable bonds is 1. The second-order valence-corrected chi connectivity index (χ2v) is 1.87. The van der Waals surface area contributed by atoms with Crippen LogP contribution in [0.1, 0.15) is 12.8 Å². The maximum absolute atomic E-state index is 4.10. The van der Waals surface area contributed by atoms with Gasteiger partial charge in [-0.3, -0.25) is 4.99 Å². The van der Waals surface area contributed by atoms with Crippen molar-refractivity contribution in [2.75, 3.05) is 0 Å². The molecule has 0 radical (unpaired) electrons. The summed E-state index contributed by atoms with van der Waals surface area (Å²) in [6.07, 6.45) is 7.95. The maximum atomic E-state index is 4.10. The van der Waals surface area contributed by atoms with E-state index in [-0.39, 0.29) is 0 Å². The molecule has 1 heteroatoms. The second-order valence-electron chi connectivity index (χ2n) is 1.87. The molecule has 46 valence electrons. The molecule has 0 unspecified atom stereocenters. The lowest BCUT2D eigenvalue weighted by Gasteiger charge is -1.97. The minimum absolute atomic E-state index is 0.983. The lowest BCUT2D eigenvalue weighted by atomic mass is 10.2. The number of aliphatic imine (C=N–C) groups is 1. The van der Waals surface area contributed by atoms with Crippen LogP contribution in [-0.4, -0.2) is 6.21 Å². The molecular formula is C8H9N. The van der Waals surface area contributed by atoms with E-state index in [9.17, 15) is 0 Å². The van der Waals surface area contributed by atoms with Crippen molar-refractivity contribution in [3.05, 3.63) is 30.2 Å². The van der Waals surface area contributed by atoms with E-state index in [4.69, 9.17) is 0 Å². The molecule has 1 rings (SSSR count). The van der Waals surface area contributed by atoms with Gasteiger partial charge < -0.3 is 0 Å². The van der Waals surface area contributed by atoms with E-state index in [2.05, 4.69) is 23.4 Å². The van der Waals surface area contributed by atoms with Crippen LogP contribution in [0.25, 0.3) is 0 Å². The Morgan fingerprint density at radius 1 is 1.67 bits per heavy atom. The molecule has 9 heavy (non-hydrogen) atoms. The summed E-state index contributed by atoms with van der Waals surface area (Å²) in [6.45, 7) is 3.46. The van der Waals surface area contributed by atoms with Crippen molar-refractivity contribution >= 4 is 6.21 Å². The quantitative estimate of drug-likeness (QED) is 0.468. The summed E-state index contributed by atoms with van der Waals surface area (Å²) in [5.74, 6) is 0. The summed E-state index contributed by atoms with van der Waals surface area (Å²) in [5, 5.41) is 0. The monoisotopic (exact) mass is 119 g/mol. The van der Waals surface area contributed by atoms with Gasteiger partial charge in [-0.25, -0.2) is 0 Å². The van der Waals surface area contributed by atoms with Crippen molar-refractivity contribution in [2.24, 2.45) is 4.99 Å². The fourth-order valence-electron chi connectivity index (χ4n) is 0.729. The van der Waals surface area contributed by atoms with E-state index in [0.717, 1.165) is 18.5 Å². The highest BCUT2D eigenvalue weighted by Crippen LogP contribution is 2.06. The van der Waals surface area contributed by atoms with Gasteiger partial charge in [-0.1, -0.05) is 12.7 Å². The van der Waals surface area contributed by atoms with Gasteiger partial charge >= 0.3 is 0 Å². The van der Waals surface area contributed by atoms with Crippen molar-refractivity contribution in [3.8, 4) is 0 Å². The van der Waals surface area contributed by atoms with Gasteiger partial charge in [0.25, 0.3) is 0 Å². The molecule has 0 fully saturated rings. The lowest BCUT2D eigenvalue weighted by Crippen LogP contribution is -1.83. The summed E-state index contributed by atoms with van der Waals surface area (Å²) in [4.78, 5) is 4.10. The molecule has 1 heterocycles. The molecule has 1 nitrogen and oxygen atoms in total. The number of hydrogen-bond acceptors (Lipinski definition) is 1. The summed E-state index contributed by atoms with van der Waals surface area (Å²) in [7, 11) is 0. The Hall–Kier alpha value is -1.07. The normalized spacial score (nSPS) is 16.2. The van der Waals surface area contributed by atoms with Gasteiger partial charge in [0, 0.05) is 12.3 Å². The Morgan fingerprint density at radius 3 is 3.11 bits per heavy atom. The van der Waals surface area contributed by atoms with E-state index >= 15 is 0 Å². The summed E-state index contributed by atoms with van der Waals surface area (Å²) in [5.41, 5.74) is 3.66. The molecule has 0 N–H and O–H groups in total. The van der Waals surface area contributed by atoms with Crippen LogP contribution in [0.3, 0.4) is 0 Å². The highest BCUT2D eigenvalue weighted by Gasteiger charge is 1.90. The molecule has 0 aromatic carbocycles. The molecule has 0 spiro atoms. The second kappa shape index (κ2) is 3.06. The van der Waals surface area contributed by atoms with Crippen molar-refractivity contribution in [2.45, 2.75) is 12.8 Å². The van der Waals surface area contributed by atoms with E-state index in [1.807, 2.05) is 6.21 Å². The molecule has 0 amide bonds. The Morgan fingerprint density at radius 2 is 2.56 bits per heavy atom. The van der Waals surface area contributed by atoms with Crippen molar-refractivity contribution in [1.29, 1.82) is 0 Å². The first-order chi connectivity index (χ1) is 4.43. The van der Waals surface area contributed by atoms with Crippen LogP contribution in [0.2, 0.25) is 0 Å². The Balaban J connectivity index is 2.69. The number of allylic oxidation sites excluding steroid dienone is 2. The van der Waals surface area contributed by atoms with Gasteiger partial charge in [-0.05, 0) is 12.8 Å². The van der Waals surface area contributed by atoms with E-state index in [1.54, 1.807) is 6.08 Å². The van der Waals surface area contributed by atoms with E-state index < -0.39 is 0 Å². The van der Waals surface area contributed by atoms with Crippen LogP contribution in [-0.2, 0) is 0 Å². The predicted octanol–water partition coefficient (Wildman–Crippen LogP) is 2.08. The Labute approximate surface area is 55.1 Å². The van der Waals surface area contributed by atoms with Gasteiger partial charge in [-0.15, -0.1) is 5.73 Å². The first-order valence-electron chi connectivity index (χ1n) is 3.02. The predicted molar refractivity (Wildman–Crippen MR) is 39.5 cm³/mol. The zero-order chi connectivity index (χ0) is 6.53. The third kappa shape index (κ3) is 1.71. The standard InChI is InChI=1S/C8H9N/c1-2-5-8-6-3-4-7-9-8/h5-7H,1,3-4H2. The van der Waals surface area contributed by atoms with E-state index in [0.29, 0.717) is 0 Å². The molecule has 0 bridgehead atoms. The van der Waals surface area contributed by atoms with Crippen molar-refractivity contribution < 1.29 is 0 Å². The van der Waals surface area contributed by atoms with E-state index in [1.165, 1.54) is 0 Å². The lowest BCUT2D eigenvalue weighted by molar-refractivity contribution is 1.06. The summed E-state index contributed by atoms with van der Waals surface area (Å²) in [6, 6.07) is 0. The van der Waals surface area contributed by atoms with Crippen LogP contribution in [0, 0.1) is 0 Å². The topological polar surface area (TPSA) is 12.4 Å². The van der Waals surface area contributed by atoms with Crippen molar-refractivity contribution in [3.63, 3.8) is 0 Å². The molecule has 0 saturated heterocycles. The van der Waals surface area contributed by atoms with Gasteiger partial charge in [-0.2, -0.15) is 0 Å². The molecule has 0 aromatic rings. The number of nitrogens with zero attached hydrogens (tertiary/aromatic N) is 1. The smallest absolute Gasteiger partial charge is 0.0662 e. The minimum Gasteiger partial charge on any atom is -0.261 e. The molecule has 0 saturated carbocycles. The third-order valence-electron chi connectivity index (χ3n) is 1.14. The van der Waals surface area contributed by atoms with Gasteiger partial charge in [0.2, 0.25) is 0 Å². The Bertz CT molecular complexity index is 193. The molecule has 0 aliphatic carbocycles. The largest absolute Gasteiger partial charge is 0.261 e. The maximum Gasteiger partial charge on any atom is 0.0662 e. The SMILES string of the molecule is C=C=CC1=CCCC=N1. The van der Waals surface area contributed by atoms with Crippen LogP contribution in [0.5, 0.6) is 0 Å². The van der Waals surface area contributed by atoms with Crippen LogP contribution in [0.4, 0.5) is 0 Å². The van der Waals surface area contributed by atoms with Crippen LogP contribution in [0.15, 0.2) is 35.2 Å². The van der Waals surface area contributed by atoms with Crippen molar-refractivity contribution in [1.82, 2.24) is 0 Å². The fourth-order valence-corrected chi connectivity index (χ4v) is 0.729. The summed E-state index contributed by atoms with van der Waals surface area (Å²) >= 11 is 0. The molecule has 0 aromatic heterocycles. The van der Waals surface area contributed by atoms with Gasteiger partial charge in [0.15, 0.2) is 0 Å². The molecular weight excluding hydrogens is 110 g/mol. The van der Waals surface area contributed by atoms with Crippen LogP contribution < -0.4 is 0 Å².